The Morgan fingerprint density at radius 3 is 2.61 bits per heavy atom. The van der Waals surface area contributed by atoms with Crippen molar-refractivity contribution in [1.82, 2.24) is 0 Å². The Morgan fingerprint density at radius 2 is 1.94 bits per heavy atom. The third-order valence-electron chi connectivity index (χ3n) is 2.33. The average molecular weight is 327 g/mol. The van der Waals surface area contributed by atoms with E-state index in [2.05, 4.69) is 21.2 Å². The lowest BCUT2D eigenvalue weighted by Crippen LogP contribution is -2.11. The zero-order valence-electron chi connectivity index (χ0n) is 9.15. The van der Waals surface area contributed by atoms with Crippen LogP contribution >= 0.6 is 27.5 Å². The van der Waals surface area contributed by atoms with E-state index in [-0.39, 0.29) is 11.7 Å². The molecule has 18 heavy (non-hydrogen) atoms. The van der Waals surface area contributed by atoms with Gasteiger partial charge in [0, 0.05) is 10.0 Å². The Balaban J connectivity index is 2.22. The lowest BCUT2D eigenvalue weighted by atomic mass is 10.2. The molecule has 92 valence electrons. The van der Waals surface area contributed by atoms with Crippen molar-refractivity contribution in [3.05, 3.63) is 57.5 Å². The summed E-state index contributed by atoms with van der Waals surface area (Å²) in [6.07, 6.45) is 0. The predicted molar refractivity (Wildman–Crippen MR) is 75.2 cm³/mol. The average Bonchev–Trinajstić information content (AvgIpc) is 2.35. The van der Waals surface area contributed by atoms with Gasteiger partial charge in [-0.3, -0.25) is 4.79 Å². The van der Waals surface area contributed by atoms with Crippen LogP contribution in [-0.4, -0.2) is 11.0 Å². The number of halogens is 2. The molecule has 0 spiro atoms. The van der Waals surface area contributed by atoms with Crippen LogP contribution in [0.3, 0.4) is 0 Å². The van der Waals surface area contributed by atoms with Crippen molar-refractivity contribution >= 4 is 39.1 Å². The zero-order valence-corrected chi connectivity index (χ0v) is 11.5. The number of phenols is 1. The van der Waals surface area contributed by atoms with Gasteiger partial charge in [-0.1, -0.05) is 23.7 Å². The van der Waals surface area contributed by atoms with E-state index in [1.165, 1.54) is 6.07 Å². The van der Waals surface area contributed by atoms with E-state index >= 15 is 0 Å². The second-order valence-electron chi connectivity index (χ2n) is 3.60. The number of carbonyl (C=O) groups is 1. The molecule has 0 atom stereocenters. The van der Waals surface area contributed by atoms with Gasteiger partial charge in [0.15, 0.2) is 0 Å². The molecule has 2 aromatic carbocycles. The first-order valence-corrected chi connectivity index (χ1v) is 6.29. The number of rotatable bonds is 2. The molecule has 0 bridgehead atoms. The molecule has 0 saturated carbocycles. The lowest BCUT2D eigenvalue weighted by Gasteiger charge is -2.07. The Kier molecular flexibility index (Phi) is 3.89. The summed E-state index contributed by atoms with van der Waals surface area (Å²) in [5.74, 6) is -0.306. The third-order valence-corrected chi connectivity index (χ3v) is 3.57. The van der Waals surface area contributed by atoms with E-state index in [0.717, 1.165) is 4.47 Å². The van der Waals surface area contributed by atoms with Crippen LogP contribution in [0.25, 0.3) is 0 Å². The highest BCUT2D eigenvalue weighted by atomic mass is 79.9. The number of carbonyl (C=O) groups excluding carboxylic acids is 1. The van der Waals surface area contributed by atoms with Gasteiger partial charge < -0.3 is 10.4 Å². The van der Waals surface area contributed by atoms with Gasteiger partial charge in [0.25, 0.3) is 5.91 Å². The third kappa shape index (κ3) is 2.83. The second-order valence-corrected chi connectivity index (χ2v) is 4.86. The van der Waals surface area contributed by atoms with Crippen LogP contribution in [0.15, 0.2) is 46.9 Å². The number of hydrogen-bond donors (Lipinski definition) is 2. The Morgan fingerprint density at radius 1 is 1.22 bits per heavy atom. The van der Waals surface area contributed by atoms with Crippen LogP contribution in [0.5, 0.6) is 5.75 Å². The molecular formula is C13H9BrClNO2. The van der Waals surface area contributed by atoms with Crippen LogP contribution in [0.4, 0.5) is 5.69 Å². The number of benzene rings is 2. The summed E-state index contributed by atoms with van der Waals surface area (Å²) in [5, 5.41) is 12.6. The number of para-hydroxylation sites is 2. The molecule has 5 heteroatoms. The molecule has 0 aliphatic carbocycles. The van der Waals surface area contributed by atoms with Gasteiger partial charge in [-0.2, -0.15) is 0 Å². The SMILES string of the molecule is O=C(Nc1ccccc1O)c1ccc(Br)c(Cl)c1. The van der Waals surface area contributed by atoms with Crippen molar-refractivity contribution < 1.29 is 9.90 Å². The van der Waals surface area contributed by atoms with Crippen molar-refractivity contribution in [1.29, 1.82) is 0 Å². The smallest absolute Gasteiger partial charge is 0.255 e. The minimum atomic E-state index is -0.328. The normalized spacial score (nSPS) is 10.1. The molecule has 0 aliphatic heterocycles. The molecule has 3 nitrogen and oxygen atoms in total. The molecule has 0 heterocycles. The van der Waals surface area contributed by atoms with Crippen molar-refractivity contribution in [2.75, 3.05) is 5.32 Å². The van der Waals surface area contributed by atoms with E-state index in [0.29, 0.717) is 16.3 Å². The minimum absolute atomic E-state index is 0.0223. The maximum absolute atomic E-state index is 11.9. The summed E-state index contributed by atoms with van der Waals surface area (Å²) in [4.78, 5) is 11.9. The highest BCUT2D eigenvalue weighted by Crippen LogP contribution is 2.25. The van der Waals surface area contributed by atoms with Crippen LogP contribution < -0.4 is 5.32 Å². The summed E-state index contributed by atoms with van der Waals surface area (Å²) in [6.45, 7) is 0. The largest absolute Gasteiger partial charge is 0.506 e. The molecule has 0 unspecified atom stereocenters. The van der Waals surface area contributed by atoms with Gasteiger partial charge in [0.05, 0.1) is 10.7 Å². The first-order chi connectivity index (χ1) is 8.58. The van der Waals surface area contributed by atoms with Crippen LogP contribution in [0, 0.1) is 0 Å². The van der Waals surface area contributed by atoms with Crippen molar-refractivity contribution in [3.63, 3.8) is 0 Å². The van der Waals surface area contributed by atoms with Crippen molar-refractivity contribution in [2.24, 2.45) is 0 Å². The molecule has 0 fully saturated rings. The molecule has 0 aliphatic rings. The van der Waals surface area contributed by atoms with Crippen LogP contribution in [0.1, 0.15) is 10.4 Å². The Hall–Kier alpha value is -1.52. The predicted octanol–water partition coefficient (Wildman–Crippen LogP) is 4.06. The molecule has 2 rings (SSSR count). The van der Waals surface area contributed by atoms with Crippen molar-refractivity contribution in [3.8, 4) is 5.75 Å². The summed E-state index contributed by atoms with van der Waals surface area (Å²) in [7, 11) is 0. The number of nitrogens with one attached hydrogen (secondary N) is 1. The zero-order chi connectivity index (χ0) is 13.1. The lowest BCUT2D eigenvalue weighted by molar-refractivity contribution is 0.102. The van der Waals surface area contributed by atoms with Gasteiger partial charge >= 0.3 is 0 Å². The van der Waals surface area contributed by atoms with E-state index in [9.17, 15) is 9.90 Å². The summed E-state index contributed by atoms with van der Waals surface area (Å²) in [5.41, 5.74) is 0.785. The van der Waals surface area contributed by atoms with E-state index in [1.807, 2.05) is 0 Å². The number of amides is 1. The van der Waals surface area contributed by atoms with E-state index < -0.39 is 0 Å². The molecule has 0 radical (unpaired) electrons. The first-order valence-electron chi connectivity index (χ1n) is 5.12. The van der Waals surface area contributed by atoms with Crippen LogP contribution in [-0.2, 0) is 0 Å². The highest BCUT2D eigenvalue weighted by molar-refractivity contribution is 9.10. The minimum Gasteiger partial charge on any atom is -0.506 e. The molecule has 0 aromatic heterocycles. The number of hydrogen-bond acceptors (Lipinski definition) is 2. The van der Waals surface area contributed by atoms with Gasteiger partial charge in [-0.25, -0.2) is 0 Å². The van der Waals surface area contributed by atoms with Gasteiger partial charge in [0.2, 0.25) is 0 Å². The summed E-state index contributed by atoms with van der Waals surface area (Å²) < 4.78 is 0.725. The standard InChI is InChI=1S/C13H9BrClNO2/c14-9-6-5-8(7-10(9)15)13(18)16-11-3-1-2-4-12(11)17/h1-7,17H,(H,16,18). The van der Waals surface area contributed by atoms with Gasteiger partial charge in [-0.15, -0.1) is 0 Å². The van der Waals surface area contributed by atoms with Crippen molar-refractivity contribution in [2.45, 2.75) is 0 Å². The molecule has 2 N–H and O–H groups in total. The quantitative estimate of drug-likeness (QED) is 0.818. The van der Waals surface area contributed by atoms with Gasteiger partial charge in [-0.05, 0) is 46.3 Å². The summed E-state index contributed by atoms with van der Waals surface area (Å²) >= 11 is 9.17. The van der Waals surface area contributed by atoms with E-state index in [4.69, 9.17) is 11.6 Å². The fraction of sp³-hybridized carbons (Fsp3) is 0. The summed E-state index contributed by atoms with van der Waals surface area (Å²) in [6, 6.07) is 11.4. The molecule has 2 aromatic rings. The van der Waals surface area contributed by atoms with Crippen LogP contribution in [0.2, 0.25) is 5.02 Å². The maximum Gasteiger partial charge on any atom is 0.255 e. The Bertz CT molecular complexity index is 601. The second kappa shape index (κ2) is 5.42. The monoisotopic (exact) mass is 325 g/mol. The first kappa shape index (κ1) is 12.9. The molecular weight excluding hydrogens is 318 g/mol. The number of phenolic OH excluding ortho intramolecular Hbond substituents is 1. The van der Waals surface area contributed by atoms with E-state index in [1.54, 1.807) is 36.4 Å². The number of anilines is 1. The maximum atomic E-state index is 11.9. The fourth-order valence-corrected chi connectivity index (χ4v) is 1.84. The highest BCUT2D eigenvalue weighted by Gasteiger charge is 2.09. The fourth-order valence-electron chi connectivity index (χ4n) is 1.41. The molecule has 1 amide bonds. The number of aromatic hydroxyl groups is 1. The molecule has 0 saturated heterocycles. The topological polar surface area (TPSA) is 49.3 Å². The Labute approximate surface area is 118 Å². The van der Waals surface area contributed by atoms with Gasteiger partial charge in [0.1, 0.15) is 5.75 Å².